The van der Waals surface area contributed by atoms with Crippen molar-refractivity contribution in [2.24, 2.45) is 0 Å². The van der Waals surface area contributed by atoms with Gasteiger partial charge in [-0.3, -0.25) is 9.69 Å². The smallest absolute Gasteiger partial charge is 0.409 e. The first-order chi connectivity index (χ1) is 8.95. The van der Waals surface area contributed by atoms with Crippen LogP contribution in [0.5, 0.6) is 0 Å². The summed E-state index contributed by atoms with van der Waals surface area (Å²) < 4.78 is 4.73. The number of ether oxygens (including phenoxy) is 1. The molecule has 0 saturated carbocycles. The average Bonchev–Trinajstić information content (AvgIpc) is 2.61. The van der Waals surface area contributed by atoms with Gasteiger partial charge in [-0.1, -0.05) is 0 Å². The van der Waals surface area contributed by atoms with Crippen LogP contribution < -0.4 is 5.32 Å². The van der Waals surface area contributed by atoms with E-state index in [1.165, 1.54) is 7.11 Å². The summed E-state index contributed by atoms with van der Waals surface area (Å²) >= 11 is 0. The molecule has 0 spiro atoms. The lowest BCUT2D eigenvalue weighted by Crippen LogP contribution is -2.48. The lowest BCUT2D eigenvalue weighted by molar-refractivity contribution is -0.126. The molecule has 0 aliphatic carbocycles. The average molecular weight is 271 g/mol. The van der Waals surface area contributed by atoms with Gasteiger partial charge < -0.3 is 15.0 Å². The molecule has 0 radical (unpaired) electrons. The van der Waals surface area contributed by atoms with Gasteiger partial charge in [-0.2, -0.15) is 0 Å². The first-order valence-corrected chi connectivity index (χ1v) is 6.83. The highest BCUT2D eigenvalue weighted by molar-refractivity contribution is 5.81. The monoisotopic (exact) mass is 271 g/mol. The standard InChI is InChI=1S/C13H25N3O3/c1-10(2)14-12(17)11(3)15-6-5-7-16(9-8-15)13(18)19-4/h10-11H,5-9H2,1-4H3,(H,14,17)/t11-/m1/s1. The van der Waals surface area contributed by atoms with E-state index in [1.807, 2.05) is 20.8 Å². The number of methoxy groups -OCH3 is 1. The largest absolute Gasteiger partial charge is 0.453 e. The van der Waals surface area contributed by atoms with Gasteiger partial charge >= 0.3 is 6.09 Å². The minimum absolute atomic E-state index is 0.0431. The Morgan fingerprint density at radius 2 is 1.79 bits per heavy atom. The van der Waals surface area contributed by atoms with E-state index < -0.39 is 0 Å². The van der Waals surface area contributed by atoms with E-state index in [-0.39, 0.29) is 24.1 Å². The van der Waals surface area contributed by atoms with Crippen molar-refractivity contribution in [2.75, 3.05) is 33.3 Å². The van der Waals surface area contributed by atoms with Crippen LogP contribution in [0.2, 0.25) is 0 Å². The Labute approximate surface area is 115 Å². The van der Waals surface area contributed by atoms with E-state index in [2.05, 4.69) is 10.2 Å². The Balaban J connectivity index is 2.52. The van der Waals surface area contributed by atoms with Gasteiger partial charge in [0.15, 0.2) is 0 Å². The van der Waals surface area contributed by atoms with E-state index in [4.69, 9.17) is 4.74 Å². The third kappa shape index (κ3) is 4.70. The number of nitrogens with zero attached hydrogens (tertiary/aromatic N) is 2. The van der Waals surface area contributed by atoms with Crippen molar-refractivity contribution in [2.45, 2.75) is 39.3 Å². The molecule has 0 aromatic heterocycles. The van der Waals surface area contributed by atoms with Crippen molar-refractivity contribution < 1.29 is 14.3 Å². The molecule has 1 aliphatic heterocycles. The molecule has 1 atom stereocenters. The molecule has 110 valence electrons. The topological polar surface area (TPSA) is 61.9 Å². The molecule has 6 heteroatoms. The van der Waals surface area contributed by atoms with Gasteiger partial charge in [-0.05, 0) is 27.2 Å². The van der Waals surface area contributed by atoms with Crippen LogP contribution in [0.15, 0.2) is 0 Å². The van der Waals surface area contributed by atoms with Crippen molar-refractivity contribution in [1.29, 1.82) is 0 Å². The molecule has 1 aliphatic rings. The normalized spacial score (nSPS) is 18.9. The van der Waals surface area contributed by atoms with Crippen LogP contribution in [-0.4, -0.2) is 67.2 Å². The van der Waals surface area contributed by atoms with Crippen LogP contribution in [0.1, 0.15) is 27.2 Å². The van der Waals surface area contributed by atoms with E-state index in [9.17, 15) is 9.59 Å². The summed E-state index contributed by atoms with van der Waals surface area (Å²) in [6.45, 7) is 8.61. The fourth-order valence-corrected chi connectivity index (χ4v) is 2.21. The summed E-state index contributed by atoms with van der Waals surface area (Å²) in [6.07, 6.45) is 0.565. The molecule has 0 bridgehead atoms. The van der Waals surface area contributed by atoms with Crippen molar-refractivity contribution >= 4 is 12.0 Å². The molecular formula is C13H25N3O3. The highest BCUT2D eigenvalue weighted by Gasteiger charge is 2.25. The third-order valence-electron chi connectivity index (χ3n) is 3.32. The van der Waals surface area contributed by atoms with Crippen molar-refractivity contribution in [3.05, 3.63) is 0 Å². The summed E-state index contributed by atoms with van der Waals surface area (Å²) in [7, 11) is 1.39. The summed E-state index contributed by atoms with van der Waals surface area (Å²) in [5, 5.41) is 2.92. The summed E-state index contributed by atoms with van der Waals surface area (Å²) in [4.78, 5) is 27.3. The fourth-order valence-electron chi connectivity index (χ4n) is 2.21. The predicted molar refractivity (Wildman–Crippen MR) is 72.9 cm³/mol. The number of carbonyl (C=O) groups excluding carboxylic acids is 2. The SMILES string of the molecule is COC(=O)N1CCCN([C@H](C)C(=O)NC(C)C)CC1. The van der Waals surface area contributed by atoms with Gasteiger partial charge in [0.05, 0.1) is 13.2 Å². The quantitative estimate of drug-likeness (QED) is 0.819. The number of hydrogen-bond acceptors (Lipinski definition) is 4. The maximum absolute atomic E-state index is 12.0. The molecule has 0 unspecified atom stereocenters. The van der Waals surface area contributed by atoms with Gasteiger partial charge in [0, 0.05) is 32.2 Å². The van der Waals surface area contributed by atoms with Crippen molar-refractivity contribution in [3.63, 3.8) is 0 Å². The maximum Gasteiger partial charge on any atom is 0.409 e. The Morgan fingerprint density at radius 3 is 2.37 bits per heavy atom. The molecular weight excluding hydrogens is 246 g/mol. The van der Waals surface area contributed by atoms with Crippen molar-refractivity contribution in [3.8, 4) is 0 Å². The second kappa shape index (κ2) is 7.33. The molecule has 1 saturated heterocycles. The zero-order valence-electron chi connectivity index (χ0n) is 12.3. The molecule has 6 nitrogen and oxygen atoms in total. The molecule has 0 aromatic carbocycles. The lowest BCUT2D eigenvalue weighted by atomic mass is 10.2. The Hall–Kier alpha value is -1.30. The second-order valence-corrected chi connectivity index (χ2v) is 5.19. The molecule has 19 heavy (non-hydrogen) atoms. The first-order valence-electron chi connectivity index (χ1n) is 6.83. The highest BCUT2D eigenvalue weighted by atomic mass is 16.5. The van der Waals surface area contributed by atoms with Crippen LogP contribution in [0.25, 0.3) is 0 Å². The molecule has 1 fully saturated rings. The van der Waals surface area contributed by atoms with Crippen LogP contribution in [0.4, 0.5) is 4.79 Å². The van der Waals surface area contributed by atoms with Gasteiger partial charge in [0.25, 0.3) is 0 Å². The Kier molecular flexibility index (Phi) is 6.08. The minimum atomic E-state index is -0.291. The zero-order chi connectivity index (χ0) is 14.4. The zero-order valence-corrected chi connectivity index (χ0v) is 12.3. The summed E-state index contributed by atoms with van der Waals surface area (Å²) in [5.74, 6) is 0.0431. The van der Waals surface area contributed by atoms with Crippen LogP contribution in [-0.2, 0) is 9.53 Å². The lowest BCUT2D eigenvalue weighted by Gasteiger charge is -2.27. The van der Waals surface area contributed by atoms with Gasteiger partial charge in [0.2, 0.25) is 5.91 Å². The number of carbonyl (C=O) groups is 2. The van der Waals surface area contributed by atoms with Crippen molar-refractivity contribution in [1.82, 2.24) is 15.1 Å². The molecule has 0 aromatic rings. The van der Waals surface area contributed by atoms with Crippen LogP contribution >= 0.6 is 0 Å². The number of nitrogens with one attached hydrogen (secondary N) is 1. The molecule has 2 amide bonds. The number of amides is 2. The van der Waals surface area contributed by atoms with Gasteiger partial charge in [-0.25, -0.2) is 4.79 Å². The number of rotatable bonds is 3. The first kappa shape index (κ1) is 15.8. The second-order valence-electron chi connectivity index (χ2n) is 5.19. The molecule has 1 N–H and O–H groups in total. The van der Waals surface area contributed by atoms with E-state index in [0.29, 0.717) is 19.6 Å². The number of hydrogen-bond donors (Lipinski definition) is 1. The van der Waals surface area contributed by atoms with Crippen LogP contribution in [0.3, 0.4) is 0 Å². The molecule has 1 rings (SSSR count). The van der Waals surface area contributed by atoms with E-state index in [1.54, 1.807) is 4.90 Å². The van der Waals surface area contributed by atoms with E-state index in [0.717, 1.165) is 13.0 Å². The summed E-state index contributed by atoms with van der Waals surface area (Å²) in [5.41, 5.74) is 0. The predicted octanol–water partition coefficient (Wildman–Crippen LogP) is 0.674. The summed E-state index contributed by atoms with van der Waals surface area (Å²) in [6, 6.07) is -0.0199. The minimum Gasteiger partial charge on any atom is -0.453 e. The van der Waals surface area contributed by atoms with Crippen LogP contribution in [0, 0.1) is 0 Å². The fraction of sp³-hybridized carbons (Fsp3) is 0.846. The van der Waals surface area contributed by atoms with Gasteiger partial charge in [-0.15, -0.1) is 0 Å². The highest BCUT2D eigenvalue weighted by Crippen LogP contribution is 2.08. The Morgan fingerprint density at radius 1 is 1.11 bits per heavy atom. The third-order valence-corrected chi connectivity index (χ3v) is 3.32. The Bertz CT molecular complexity index is 320. The molecule has 1 heterocycles. The van der Waals surface area contributed by atoms with E-state index >= 15 is 0 Å². The maximum atomic E-state index is 12.0. The van der Waals surface area contributed by atoms with Gasteiger partial charge in [0.1, 0.15) is 0 Å².